The number of halogens is 1. The lowest BCUT2D eigenvalue weighted by atomic mass is 9.98. The Kier molecular flexibility index (Phi) is 9.50. The molecular formula is C31H26ClN3O5S. The number of benzene rings is 3. The van der Waals surface area contributed by atoms with Crippen LogP contribution in [0.25, 0.3) is 22.4 Å². The first-order valence-electron chi connectivity index (χ1n) is 12.5. The molecule has 8 nitrogen and oxygen atoms in total. The highest BCUT2D eigenvalue weighted by molar-refractivity contribution is 8.00. The molecule has 0 aliphatic rings. The highest BCUT2D eigenvalue weighted by Crippen LogP contribution is 2.43. The lowest BCUT2D eigenvalue weighted by Crippen LogP contribution is -2.25. The minimum Gasteiger partial charge on any atom is -0.493 e. The van der Waals surface area contributed by atoms with Crippen molar-refractivity contribution in [3.05, 3.63) is 88.9 Å². The third-order valence-electron chi connectivity index (χ3n) is 6.25. The Balaban J connectivity index is 1.81. The summed E-state index contributed by atoms with van der Waals surface area (Å²) in [7, 11) is 3.07. The topological polar surface area (TPSA) is 122 Å². The Morgan fingerprint density at radius 2 is 1.80 bits per heavy atom. The van der Waals surface area contributed by atoms with E-state index in [4.69, 9.17) is 26.1 Å². The normalized spacial score (nSPS) is 11.3. The Bertz CT molecular complexity index is 1640. The van der Waals surface area contributed by atoms with E-state index in [2.05, 4.69) is 11.4 Å². The van der Waals surface area contributed by atoms with Crippen LogP contribution in [0.1, 0.15) is 29.3 Å². The number of nitriles is 1. The van der Waals surface area contributed by atoms with Crippen molar-refractivity contribution in [2.45, 2.75) is 23.6 Å². The van der Waals surface area contributed by atoms with Crippen molar-refractivity contribution in [3.63, 3.8) is 0 Å². The van der Waals surface area contributed by atoms with Crippen molar-refractivity contribution in [1.82, 2.24) is 4.98 Å². The lowest BCUT2D eigenvalue weighted by Gasteiger charge is -2.19. The van der Waals surface area contributed by atoms with Crippen molar-refractivity contribution < 1.29 is 24.2 Å². The van der Waals surface area contributed by atoms with E-state index < -0.39 is 17.1 Å². The predicted molar refractivity (Wildman–Crippen MR) is 160 cm³/mol. The fourth-order valence-electron chi connectivity index (χ4n) is 4.21. The quantitative estimate of drug-likeness (QED) is 0.187. The molecule has 0 saturated heterocycles. The summed E-state index contributed by atoms with van der Waals surface area (Å²) < 4.78 is 11.2. The molecule has 0 fully saturated rings. The van der Waals surface area contributed by atoms with Crippen LogP contribution in [0.5, 0.6) is 11.5 Å². The number of anilines is 1. The Hall–Kier alpha value is -4.52. The van der Waals surface area contributed by atoms with Gasteiger partial charge >= 0.3 is 5.97 Å². The SMILES string of the molecule is CCC(Sc1nc(-c2ccccc2)cc(-c2cccc(OC)c2OC)c1C#N)C(=O)Nc1cc(C(=O)O)ccc1Cl. The third kappa shape index (κ3) is 6.46. The van der Waals surface area contributed by atoms with Crippen molar-refractivity contribution in [2.24, 2.45) is 0 Å². The zero-order valence-electron chi connectivity index (χ0n) is 22.5. The fourth-order valence-corrected chi connectivity index (χ4v) is 5.40. The van der Waals surface area contributed by atoms with Crippen LogP contribution in [-0.4, -0.2) is 41.4 Å². The van der Waals surface area contributed by atoms with Gasteiger partial charge in [-0.25, -0.2) is 9.78 Å². The second kappa shape index (κ2) is 13.2. The summed E-state index contributed by atoms with van der Waals surface area (Å²) in [6.07, 6.45) is 0.396. The zero-order chi connectivity index (χ0) is 29.5. The molecule has 0 spiro atoms. The van der Waals surface area contributed by atoms with Crippen LogP contribution in [0.15, 0.2) is 77.8 Å². The monoisotopic (exact) mass is 587 g/mol. The first-order valence-corrected chi connectivity index (χ1v) is 13.8. The highest BCUT2D eigenvalue weighted by atomic mass is 35.5. The molecule has 0 radical (unpaired) electrons. The molecule has 4 aromatic rings. The number of nitrogens with zero attached hydrogens (tertiary/aromatic N) is 2. The number of amides is 1. The summed E-state index contributed by atoms with van der Waals surface area (Å²) in [5.74, 6) is -0.573. The van der Waals surface area contributed by atoms with Crippen LogP contribution < -0.4 is 14.8 Å². The first-order chi connectivity index (χ1) is 19.8. The molecule has 41 heavy (non-hydrogen) atoms. The number of nitrogens with one attached hydrogen (secondary N) is 1. The summed E-state index contributed by atoms with van der Waals surface area (Å²) in [6, 6.07) is 23.1. The average Bonchev–Trinajstić information content (AvgIpc) is 3.00. The maximum atomic E-state index is 13.4. The van der Waals surface area contributed by atoms with E-state index in [1.165, 1.54) is 25.3 Å². The Morgan fingerprint density at radius 1 is 1.05 bits per heavy atom. The van der Waals surface area contributed by atoms with Crippen LogP contribution in [0, 0.1) is 11.3 Å². The standard InChI is InChI=1S/C31H26ClN3O5S/c1-4-27(29(36)34-25-15-19(31(37)38)13-14-23(25)32)41-30-22(17-33)21(16-24(35-30)18-9-6-5-7-10-18)20-11-8-12-26(39-2)28(20)40-3/h5-16,27H,4H2,1-3H3,(H,34,36)(H,37,38). The van der Waals surface area contributed by atoms with Gasteiger partial charge in [0, 0.05) is 16.7 Å². The summed E-state index contributed by atoms with van der Waals surface area (Å²) in [5.41, 5.74) is 3.11. The van der Waals surface area contributed by atoms with Crippen LogP contribution in [-0.2, 0) is 4.79 Å². The maximum Gasteiger partial charge on any atom is 0.335 e. The van der Waals surface area contributed by atoms with Gasteiger partial charge in [-0.2, -0.15) is 5.26 Å². The third-order valence-corrected chi connectivity index (χ3v) is 7.93. The highest BCUT2D eigenvalue weighted by Gasteiger charge is 2.25. The van der Waals surface area contributed by atoms with Crippen LogP contribution in [0.2, 0.25) is 5.02 Å². The zero-order valence-corrected chi connectivity index (χ0v) is 24.0. The molecule has 208 valence electrons. The molecule has 1 atom stereocenters. The number of aromatic nitrogens is 1. The lowest BCUT2D eigenvalue weighted by molar-refractivity contribution is -0.115. The number of hydrogen-bond donors (Lipinski definition) is 2. The van der Waals surface area contributed by atoms with Crippen LogP contribution >= 0.6 is 23.4 Å². The van der Waals surface area contributed by atoms with E-state index in [1.807, 2.05) is 55.5 Å². The van der Waals surface area contributed by atoms with E-state index in [1.54, 1.807) is 13.2 Å². The molecule has 3 aromatic carbocycles. The molecule has 1 heterocycles. The van der Waals surface area contributed by atoms with Crippen molar-refractivity contribution in [3.8, 4) is 40.0 Å². The molecule has 0 aliphatic carbocycles. The Labute approximate surface area is 246 Å². The average molecular weight is 588 g/mol. The number of carboxylic acids is 1. The van der Waals surface area contributed by atoms with Crippen LogP contribution in [0.4, 0.5) is 5.69 Å². The molecule has 1 aromatic heterocycles. The smallest absolute Gasteiger partial charge is 0.335 e. The van der Waals surface area contributed by atoms with E-state index in [0.29, 0.717) is 39.8 Å². The molecule has 10 heteroatoms. The minimum atomic E-state index is -1.14. The van der Waals surface area contributed by atoms with E-state index in [9.17, 15) is 20.0 Å². The second-order valence-corrected chi connectivity index (χ2v) is 10.4. The summed E-state index contributed by atoms with van der Waals surface area (Å²) in [6.45, 7) is 1.84. The van der Waals surface area contributed by atoms with Gasteiger partial charge in [-0.1, -0.05) is 72.8 Å². The molecule has 0 aliphatic heterocycles. The summed E-state index contributed by atoms with van der Waals surface area (Å²) in [5, 5.41) is 22.3. The number of ether oxygens (including phenoxy) is 2. The number of aromatic carboxylic acids is 1. The first kappa shape index (κ1) is 29.5. The molecule has 0 saturated carbocycles. The number of pyridine rings is 1. The van der Waals surface area contributed by atoms with E-state index >= 15 is 0 Å². The number of para-hydroxylation sites is 1. The number of methoxy groups -OCH3 is 2. The fraction of sp³-hybridized carbons (Fsp3) is 0.161. The number of thioether (sulfide) groups is 1. The summed E-state index contributed by atoms with van der Waals surface area (Å²) in [4.78, 5) is 29.6. The molecule has 1 unspecified atom stereocenters. The van der Waals surface area contributed by atoms with Gasteiger partial charge in [-0.3, -0.25) is 4.79 Å². The largest absolute Gasteiger partial charge is 0.493 e. The van der Waals surface area contributed by atoms with Gasteiger partial charge in [0.2, 0.25) is 5.91 Å². The number of carboxylic acid groups (broad SMARTS) is 1. The summed E-state index contributed by atoms with van der Waals surface area (Å²) >= 11 is 7.39. The van der Waals surface area contributed by atoms with Crippen LogP contribution in [0.3, 0.4) is 0 Å². The number of rotatable bonds is 10. The molecule has 2 N–H and O–H groups in total. The number of carbonyl (C=O) groups is 2. The Morgan fingerprint density at radius 3 is 2.44 bits per heavy atom. The molecular weight excluding hydrogens is 562 g/mol. The number of hydrogen-bond acceptors (Lipinski definition) is 7. The predicted octanol–water partition coefficient (Wildman–Crippen LogP) is 7.17. The maximum absolute atomic E-state index is 13.4. The van der Waals surface area contributed by atoms with Gasteiger partial charge in [-0.15, -0.1) is 0 Å². The molecule has 4 rings (SSSR count). The van der Waals surface area contributed by atoms with Gasteiger partial charge in [-0.05, 0) is 36.8 Å². The van der Waals surface area contributed by atoms with Gasteiger partial charge in [0.15, 0.2) is 11.5 Å². The minimum absolute atomic E-state index is 0.00808. The van der Waals surface area contributed by atoms with Gasteiger partial charge in [0.05, 0.1) is 47.0 Å². The van der Waals surface area contributed by atoms with Crippen molar-refractivity contribution in [2.75, 3.05) is 19.5 Å². The second-order valence-electron chi connectivity index (χ2n) is 8.76. The molecule has 1 amide bonds. The van der Waals surface area contributed by atoms with Gasteiger partial charge in [0.25, 0.3) is 0 Å². The van der Waals surface area contributed by atoms with Crippen molar-refractivity contribution in [1.29, 1.82) is 5.26 Å². The number of carbonyl (C=O) groups excluding carboxylic acids is 1. The molecule has 0 bridgehead atoms. The van der Waals surface area contributed by atoms with Gasteiger partial charge in [0.1, 0.15) is 11.1 Å². The van der Waals surface area contributed by atoms with Crippen molar-refractivity contribution >= 4 is 40.9 Å². The van der Waals surface area contributed by atoms with Gasteiger partial charge < -0.3 is 19.9 Å². The van der Waals surface area contributed by atoms with E-state index in [-0.39, 0.29) is 21.8 Å². The van der Waals surface area contributed by atoms with E-state index in [0.717, 1.165) is 17.3 Å².